The molecule has 134 valence electrons. The Morgan fingerprint density at radius 3 is 2.36 bits per heavy atom. The van der Waals surface area contributed by atoms with Gasteiger partial charge in [0.15, 0.2) is 0 Å². The lowest BCUT2D eigenvalue weighted by Crippen LogP contribution is -2.49. The number of hydrogen-bond donors (Lipinski definition) is 2. The summed E-state index contributed by atoms with van der Waals surface area (Å²) in [5.41, 5.74) is 3.35. The molecular formula is C20H24Cl2N2O. The van der Waals surface area contributed by atoms with Gasteiger partial charge in [0.2, 0.25) is 5.91 Å². The highest BCUT2D eigenvalue weighted by molar-refractivity contribution is 6.30. The second-order valence-corrected chi connectivity index (χ2v) is 6.97. The van der Waals surface area contributed by atoms with Crippen molar-refractivity contribution in [2.45, 2.75) is 19.9 Å². The molecule has 0 saturated carbocycles. The molecule has 1 amide bonds. The molecular weight excluding hydrogens is 355 g/mol. The van der Waals surface area contributed by atoms with E-state index in [0.29, 0.717) is 5.92 Å². The molecule has 2 aromatic carbocycles. The molecule has 0 bridgehead atoms. The number of hydrogen-bond acceptors (Lipinski definition) is 2. The molecule has 2 aromatic rings. The van der Waals surface area contributed by atoms with Crippen LogP contribution < -0.4 is 10.6 Å². The summed E-state index contributed by atoms with van der Waals surface area (Å²) in [4.78, 5) is 12.5. The normalized spacial score (nSPS) is 16.3. The molecule has 1 aliphatic rings. The smallest absolute Gasteiger partial charge is 0.223 e. The van der Waals surface area contributed by atoms with Crippen LogP contribution in [0.25, 0.3) is 11.1 Å². The first-order chi connectivity index (χ1) is 11.6. The lowest BCUT2D eigenvalue weighted by atomic mass is 9.88. The van der Waals surface area contributed by atoms with Crippen molar-refractivity contribution in [1.82, 2.24) is 10.6 Å². The van der Waals surface area contributed by atoms with E-state index in [1.807, 2.05) is 50.2 Å². The molecule has 2 unspecified atom stereocenters. The zero-order valence-corrected chi connectivity index (χ0v) is 16.0. The number of carbonyl (C=O) groups excluding carboxylic acids is 1. The van der Waals surface area contributed by atoms with E-state index in [2.05, 4.69) is 22.8 Å². The predicted molar refractivity (Wildman–Crippen MR) is 106 cm³/mol. The van der Waals surface area contributed by atoms with Gasteiger partial charge in [-0.1, -0.05) is 54.9 Å². The van der Waals surface area contributed by atoms with E-state index in [1.54, 1.807) is 0 Å². The number of benzene rings is 2. The van der Waals surface area contributed by atoms with Gasteiger partial charge in [0.05, 0.1) is 6.04 Å². The van der Waals surface area contributed by atoms with Crippen LogP contribution in [0.2, 0.25) is 5.02 Å². The summed E-state index contributed by atoms with van der Waals surface area (Å²) in [7, 11) is 0. The summed E-state index contributed by atoms with van der Waals surface area (Å²) >= 11 is 5.99. The molecule has 1 aliphatic heterocycles. The first-order valence-corrected chi connectivity index (χ1v) is 8.80. The largest absolute Gasteiger partial charge is 0.349 e. The Morgan fingerprint density at radius 1 is 1.12 bits per heavy atom. The predicted octanol–water partition coefficient (Wildman–Crippen LogP) is 4.46. The second-order valence-electron chi connectivity index (χ2n) is 6.53. The first-order valence-electron chi connectivity index (χ1n) is 8.42. The molecule has 3 nitrogen and oxygen atoms in total. The maximum Gasteiger partial charge on any atom is 0.223 e. The van der Waals surface area contributed by atoms with Crippen LogP contribution >= 0.6 is 24.0 Å². The fraction of sp³-hybridized carbons (Fsp3) is 0.350. The van der Waals surface area contributed by atoms with Gasteiger partial charge in [0.1, 0.15) is 0 Å². The van der Waals surface area contributed by atoms with Crippen molar-refractivity contribution in [3.05, 3.63) is 59.1 Å². The minimum Gasteiger partial charge on any atom is -0.349 e. The fourth-order valence-corrected chi connectivity index (χ4v) is 3.19. The van der Waals surface area contributed by atoms with Gasteiger partial charge in [-0.2, -0.15) is 0 Å². The molecule has 2 N–H and O–H groups in total. The molecule has 0 aliphatic carbocycles. The van der Waals surface area contributed by atoms with Gasteiger partial charge < -0.3 is 10.6 Å². The molecule has 3 rings (SSSR count). The molecule has 0 radical (unpaired) electrons. The Bertz CT molecular complexity index is 714. The number of amides is 1. The molecule has 1 fully saturated rings. The Hall–Kier alpha value is -1.55. The SMILES string of the molecule is CC(NC(=O)C(C)C1CNC1)c1ccccc1-c1ccc(Cl)cc1.Cl. The maximum atomic E-state index is 12.5. The van der Waals surface area contributed by atoms with Crippen LogP contribution in [0.15, 0.2) is 48.5 Å². The molecule has 0 spiro atoms. The molecule has 2 atom stereocenters. The Labute approximate surface area is 160 Å². The minimum absolute atomic E-state index is 0. The zero-order valence-electron chi connectivity index (χ0n) is 14.5. The van der Waals surface area contributed by atoms with Gasteiger partial charge >= 0.3 is 0 Å². The van der Waals surface area contributed by atoms with Crippen molar-refractivity contribution in [3.63, 3.8) is 0 Å². The highest BCUT2D eigenvalue weighted by Gasteiger charge is 2.29. The van der Waals surface area contributed by atoms with Gasteiger partial charge in [0.25, 0.3) is 0 Å². The summed E-state index contributed by atoms with van der Waals surface area (Å²) in [5, 5.41) is 7.12. The van der Waals surface area contributed by atoms with E-state index in [-0.39, 0.29) is 30.3 Å². The fourth-order valence-electron chi connectivity index (χ4n) is 3.07. The summed E-state index contributed by atoms with van der Waals surface area (Å²) in [6.07, 6.45) is 0. The van der Waals surface area contributed by atoms with Crippen LogP contribution in [-0.2, 0) is 4.79 Å². The van der Waals surface area contributed by atoms with Crippen LogP contribution in [0.1, 0.15) is 25.5 Å². The minimum atomic E-state index is -0.0418. The monoisotopic (exact) mass is 378 g/mol. The van der Waals surface area contributed by atoms with Crippen LogP contribution in [0.4, 0.5) is 0 Å². The Balaban J connectivity index is 0.00000225. The maximum absolute atomic E-state index is 12.5. The van der Waals surface area contributed by atoms with Gasteiger partial charge in [-0.3, -0.25) is 4.79 Å². The third kappa shape index (κ3) is 4.55. The quantitative estimate of drug-likeness (QED) is 0.805. The summed E-state index contributed by atoms with van der Waals surface area (Å²) in [6, 6.07) is 16.0. The number of rotatable bonds is 5. The lowest BCUT2D eigenvalue weighted by Gasteiger charge is -2.32. The molecule has 1 heterocycles. The Kier molecular flexibility index (Phi) is 6.88. The van der Waals surface area contributed by atoms with Gasteiger partial charge in [0, 0.05) is 10.9 Å². The van der Waals surface area contributed by atoms with Crippen molar-refractivity contribution in [2.75, 3.05) is 13.1 Å². The van der Waals surface area contributed by atoms with Crippen LogP contribution in [0, 0.1) is 11.8 Å². The zero-order chi connectivity index (χ0) is 17.1. The first kappa shape index (κ1) is 19.8. The van der Waals surface area contributed by atoms with E-state index in [9.17, 15) is 4.79 Å². The standard InChI is InChI=1S/C20H23ClN2O.ClH/c1-13(16-11-22-12-16)20(24)23-14(2)18-5-3-4-6-19(18)15-7-9-17(21)10-8-15;/h3-10,13-14,16,22H,11-12H2,1-2H3,(H,23,24);1H. The summed E-state index contributed by atoms with van der Waals surface area (Å²) in [5.74, 6) is 0.611. The van der Waals surface area contributed by atoms with E-state index < -0.39 is 0 Å². The van der Waals surface area contributed by atoms with Crippen molar-refractivity contribution >= 4 is 29.9 Å². The summed E-state index contributed by atoms with van der Waals surface area (Å²) in [6.45, 7) is 5.92. The average Bonchev–Trinajstić information content (AvgIpc) is 2.54. The average molecular weight is 379 g/mol. The van der Waals surface area contributed by atoms with Crippen molar-refractivity contribution < 1.29 is 4.79 Å². The number of halogens is 2. The molecule has 5 heteroatoms. The van der Waals surface area contributed by atoms with Crippen LogP contribution in [0.3, 0.4) is 0 Å². The van der Waals surface area contributed by atoms with Crippen LogP contribution in [0.5, 0.6) is 0 Å². The second kappa shape index (κ2) is 8.70. The van der Waals surface area contributed by atoms with E-state index in [4.69, 9.17) is 11.6 Å². The van der Waals surface area contributed by atoms with Crippen molar-refractivity contribution in [1.29, 1.82) is 0 Å². The molecule has 25 heavy (non-hydrogen) atoms. The number of carbonyl (C=O) groups is 1. The van der Waals surface area contributed by atoms with E-state index in [0.717, 1.165) is 34.8 Å². The van der Waals surface area contributed by atoms with Crippen molar-refractivity contribution in [3.8, 4) is 11.1 Å². The van der Waals surface area contributed by atoms with Gasteiger partial charge in [-0.25, -0.2) is 0 Å². The highest BCUT2D eigenvalue weighted by atomic mass is 35.5. The van der Waals surface area contributed by atoms with Crippen molar-refractivity contribution in [2.24, 2.45) is 11.8 Å². The van der Waals surface area contributed by atoms with Crippen LogP contribution in [-0.4, -0.2) is 19.0 Å². The molecule has 0 aromatic heterocycles. The topological polar surface area (TPSA) is 41.1 Å². The lowest BCUT2D eigenvalue weighted by molar-refractivity contribution is -0.127. The van der Waals surface area contributed by atoms with E-state index >= 15 is 0 Å². The Morgan fingerprint density at radius 2 is 1.76 bits per heavy atom. The third-order valence-electron chi connectivity index (χ3n) is 4.88. The highest BCUT2D eigenvalue weighted by Crippen LogP contribution is 2.29. The third-order valence-corrected chi connectivity index (χ3v) is 5.13. The van der Waals surface area contributed by atoms with Gasteiger partial charge in [-0.05, 0) is 54.8 Å². The molecule has 1 saturated heterocycles. The van der Waals surface area contributed by atoms with Gasteiger partial charge in [-0.15, -0.1) is 12.4 Å². The van der Waals surface area contributed by atoms with E-state index in [1.165, 1.54) is 0 Å². The summed E-state index contributed by atoms with van der Waals surface area (Å²) < 4.78 is 0. The number of nitrogens with one attached hydrogen (secondary N) is 2.